The number of hydrogen-bond acceptors (Lipinski definition) is 5. The van der Waals surface area contributed by atoms with Gasteiger partial charge in [-0.1, -0.05) is 23.7 Å². The fourth-order valence-electron chi connectivity index (χ4n) is 4.58. The van der Waals surface area contributed by atoms with Crippen molar-refractivity contribution in [2.45, 2.75) is 51.0 Å². The predicted octanol–water partition coefficient (Wildman–Crippen LogP) is 4.68. The molecule has 3 heterocycles. The van der Waals surface area contributed by atoms with Crippen molar-refractivity contribution in [2.24, 2.45) is 11.7 Å². The number of benzene rings is 1. The molecule has 3 aromatic heterocycles. The minimum atomic E-state index is 0.360. The van der Waals surface area contributed by atoms with Crippen LogP contribution in [-0.4, -0.2) is 30.4 Å². The van der Waals surface area contributed by atoms with Crippen LogP contribution in [0.4, 0.5) is 0 Å². The maximum absolute atomic E-state index is 6.10. The number of hydrogen-bond donors (Lipinski definition) is 1. The van der Waals surface area contributed by atoms with Crippen molar-refractivity contribution in [2.75, 3.05) is 0 Å². The van der Waals surface area contributed by atoms with E-state index in [1.165, 1.54) is 18.4 Å². The van der Waals surface area contributed by atoms with Gasteiger partial charge in [-0.2, -0.15) is 0 Å². The van der Waals surface area contributed by atoms with Crippen LogP contribution in [-0.2, 0) is 19.3 Å². The first-order chi connectivity index (χ1) is 15.7. The van der Waals surface area contributed by atoms with Gasteiger partial charge in [-0.05, 0) is 68.2 Å². The molecule has 0 bridgehead atoms. The van der Waals surface area contributed by atoms with Gasteiger partial charge in [0.1, 0.15) is 5.82 Å². The van der Waals surface area contributed by atoms with Crippen molar-refractivity contribution < 1.29 is 0 Å². The van der Waals surface area contributed by atoms with Crippen LogP contribution in [0.15, 0.2) is 55.1 Å². The summed E-state index contributed by atoms with van der Waals surface area (Å²) in [6.07, 6.45) is 14.6. The van der Waals surface area contributed by atoms with E-state index < -0.39 is 0 Å². The van der Waals surface area contributed by atoms with Gasteiger partial charge in [0.05, 0.1) is 23.3 Å². The lowest BCUT2D eigenvalue weighted by Gasteiger charge is -2.25. The topological polar surface area (TPSA) is 82.0 Å². The summed E-state index contributed by atoms with van der Waals surface area (Å²) in [5, 5.41) is 0.753. The average Bonchev–Trinajstić information content (AvgIpc) is 3.25. The Morgan fingerprint density at radius 1 is 1.00 bits per heavy atom. The van der Waals surface area contributed by atoms with E-state index in [1.807, 2.05) is 49.1 Å². The molecule has 0 atom stereocenters. The molecule has 0 unspecified atom stereocenters. The van der Waals surface area contributed by atoms with Crippen molar-refractivity contribution in [1.82, 2.24) is 24.3 Å². The number of aromatic nitrogens is 5. The third-order valence-electron chi connectivity index (χ3n) is 6.37. The number of halogens is 1. The van der Waals surface area contributed by atoms with E-state index in [2.05, 4.69) is 20.4 Å². The highest BCUT2D eigenvalue weighted by molar-refractivity contribution is 6.30. The van der Waals surface area contributed by atoms with Crippen molar-refractivity contribution >= 4 is 17.2 Å². The molecule has 1 aliphatic carbocycles. The maximum atomic E-state index is 6.10. The molecule has 7 heteroatoms. The van der Waals surface area contributed by atoms with Gasteiger partial charge in [-0.15, -0.1) is 0 Å². The molecule has 4 aromatic rings. The quantitative estimate of drug-likeness (QED) is 0.464. The van der Waals surface area contributed by atoms with Crippen LogP contribution in [0.5, 0.6) is 0 Å². The number of nitrogens with two attached hydrogens (primary N) is 1. The number of rotatable bonds is 6. The van der Waals surface area contributed by atoms with Gasteiger partial charge in [0.2, 0.25) is 0 Å². The molecule has 32 heavy (non-hydrogen) atoms. The Morgan fingerprint density at radius 3 is 2.72 bits per heavy atom. The van der Waals surface area contributed by atoms with Gasteiger partial charge in [0.15, 0.2) is 5.65 Å². The molecule has 6 nitrogen and oxygen atoms in total. The molecule has 0 aliphatic heterocycles. The molecule has 1 fully saturated rings. The molecule has 0 saturated heterocycles. The van der Waals surface area contributed by atoms with Gasteiger partial charge >= 0.3 is 0 Å². The number of nitrogens with zero attached hydrogens (tertiary/aromatic N) is 5. The lowest BCUT2D eigenvalue weighted by atomic mass is 9.84. The third kappa shape index (κ3) is 4.66. The van der Waals surface area contributed by atoms with Crippen LogP contribution < -0.4 is 5.73 Å². The van der Waals surface area contributed by atoms with Crippen molar-refractivity contribution in [3.8, 4) is 11.4 Å². The van der Waals surface area contributed by atoms with Gasteiger partial charge in [0.25, 0.3) is 0 Å². The SMILES string of the molecule is NC1CCC(Cc2nccn3c(-c4ccnc(CCc5cccc(Cl)c5)n4)cnc23)CC1. The Bertz CT molecular complexity index is 1210. The van der Waals surface area contributed by atoms with E-state index in [0.717, 1.165) is 65.7 Å². The molecule has 1 saturated carbocycles. The summed E-state index contributed by atoms with van der Waals surface area (Å²) < 4.78 is 2.10. The highest BCUT2D eigenvalue weighted by Gasteiger charge is 2.21. The molecule has 2 N–H and O–H groups in total. The van der Waals surface area contributed by atoms with E-state index in [-0.39, 0.29) is 0 Å². The molecule has 5 rings (SSSR count). The van der Waals surface area contributed by atoms with Crippen molar-refractivity contribution in [3.05, 3.63) is 77.2 Å². The predicted molar refractivity (Wildman–Crippen MR) is 127 cm³/mol. The molecular weight excluding hydrogens is 420 g/mol. The highest BCUT2D eigenvalue weighted by Crippen LogP contribution is 2.28. The summed E-state index contributed by atoms with van der Waals surface area (Å²) >= 11 is 6.10. The molecule has 164 valence electrons. The monoisotopic (exact) mass is 446 g/mol. The number of aryl methyl sites for hydroxylation is 2. The van der Waals surface area contributed by atoms with E-state index in [4.69, 9.17) is 27.3 Å². The van der Waals surface area contributed by atoms with E-state index in [9.17, 15) is 0 Å². The van der Waals surface area contributed by atoms with E-state index >= 15 is 0 Å². The smallest absolute Gasteiger partial charge is 0.159 e. The standard InChI is InChI=1S/C25H27ClN6/c26-19-3-1-2-17(14-19)6-9-24-29-11-10-21(31-24)23-16-30-25-22(28-12-13-32(23)25)15-18-4-7-20(27)8-5-18/h1-3,10-14,16,18,20H,4-9,15,27H2. The Hall–Kier alpha value is -2.83. The van der Waals surface area contributed by atoms with Gasteiger partial charge in [-0.25, -0.2) is 15.0 Å². The normalized spacial score (nSPS) is 18.8. The zero-order valence-corrected chi connectivity index (χ0v) is 18.7. The molecular formula is C25H27ClN6. The average molecular weight is 447 g/mol. The second kappa shape index (κ2) is 9.35. The minimum absolute atomic E-state index is 0.360. The molecule has 1 aliphatic rings. The fourth-order valence-corrected chi connectivity index (χ4v) is 4.80. The Kier molecular flexibility index (Phi) is 6.14. The first-order valence-electron chi connectivity index (χ1n) is 11.3. The first-order valence-corrected chi connectivity index (χ1v) is 11.7. The van der Waals surface area contributed by atoms with E-state index in [0.29, 0.717) is 12.0 Å². The Labute approximate surface area is 192 Å². The van der Waals surface area contributed by atoms with Crippen LogP contribution in [0.25, 0.3) is 17.0 Å². The van der Waals surface area contributed by atoms with Gasteiger partial charge in [0, 0.05) is 36.1 Å². The fraction of sp³-hybridized carbons (Fsp3) is 0.360. The number of fused-ring (bicyclic) bond motifs is 1. The van der Waals surface area contributed by atoms with Crippen LogP contribution in [0, 0.1) is 5.92 Å². The summed E-state index contributed by atoms with van der Waals surface area (Å²) in [7, 11) is 0. The number of imidazole rings is 1. The largest absolute Gasteiger partial charge is 0.328 e. The van der Waals surface area contributed by atoms with Crippen molar-refractivity contribution in [1.29, 1.82) is 0 Å². The summed E-state index contributed by atoms with van der Waals surface area (Å²) in [6, 6.07) is 10.2. The summed E-state index contributed by atoms with van der Waals surface area (Å²) in [5.41, 5.74) is 11.0. The third-order valence-corrected chi connectivity index (χ3v) is 6.60. The Balaban J connectivity index is 1.36. The van der Waals surface area contributed by atoms with Crippen LogP contribution in [0.2, 0.25) is 5.02 Å². The van der Waals surface area contributed by atoms with E-state index in [1.54, 1.807) is 0 Å². The zero-order chi connectivity index (χ0) is 21.9. The van der Waals surface area contributed by atoms with Crippen LogP contribution in [0.3, 0.4) is 0 Å². The second-order valence-electron chi connectivity index (χ2n) is 8.68. The molecule has 0 radical (unpaired) electrons. The maximum Gasteiger partial charge on any atom is 0.159 e. The highest BCUT2D eigenvalue weighted by atomic mass is 35.5. The zero-order valence-electron chi connectivity index (χ0n) is 18.0. The first kappa shape index (κ1) is 21.0. The molecule has 0 amide bonds. The van der Waals surface area contributed by atoms with Crippen molar-refractivity contribution in [3.63, 3.8) is 0 Å². The molecule has 1 aromatic carbocycles. The van der Waals surface area contributed by atoms with Crippen LogP contribution in [0.1, 0.15) is 42.8 Å². The molecule has 0 spiro atoms. The minimum Gasteiger partial charge on any atom is -0.328 e. The van der Waals surface area contributed by atoms with Crippen LogP contribution >= 0.6 is 11.6 Å². The Morgan fingerprint density at radius 2 is 1.88 bits per heavy atom. The summed E-state index contributed by atoms with van der Waals surface area (Å²) in [5.74, 6) is 1.44. The summed E-state index contributed by atoms with van der Waals surface area (Å²) in [6.45, 7) is 0. The summed E-state index contributed by atoms with van der Waals surface area (Å²) in [4.78, 5) is 18.7. The van der Waals surface area contributed by atoms with Gasteiger partial charge in [-0.3, -0.25) is 9.38 Å². The second-order valence-corrected chi connectivity index (χ2v) is 9.12. The lowest BCUT2D eigenvalue weighted by molar-refractivity contribution is 0.323. The lowest BCUT2D eigenvalue weighted by Crippen LogP contribution is -2.27. The van der Waals surface area contributed by atoms with Gasteiger partial charge < -0.3 is 5.73 Å².